The molecule has 1 aliphatic rings. The highest BCUT2D eigenvalue weighted by Gasteiger charge is 2.39. The third kappa shape index (κ3) is 3.76. The fraction of sp³-hybridized carbons (Fsp3) is 0.200. The quantitative estimate of drug-likeness (QED) is 0.313. The molecule has 2 aromatic carbocycles. The summed E-state index contributed by atoms with van der Waals surface area (Å²) in [6.07, 6.45) is -0.179. The molecule has 0 bridgehead atoms. The van der Waals surface area contributed by atoms with Gasteiger partial charge < -0.3 is 4.74 Å². The molecule has 168 valence electrons. The highest BCUT2D eigenvalue weighted by atomic mass is 32.1. The van der Waals surface area contributed by atoms with E-state index in [-0.39, 0.29) is 33.9 Å². The van der Waals surface area contributed by atoms with Crippen LogP contribution in [0, 0.1) is 5.82 Å². The van der Waals surface area contributed by atoms with Crippen molar-refractivity contribution in [2.45, 2.75) is 25.7 Å². The number of carbonyl (C=O) groups excluding carboxylic acids is 4. The molecule has 1 aromatic heterocycles. The minimum absolute atomic E-state index is 0.0206. The van der Waals surface area contributed by atoms with Crippen molar-refractivity contribution in [3.05, 3.63) is 86.9 Å². The van der Waals surface area contributed by atoms with E-state index in [2.05, 4.69) is 0 Å². The van der Waals surface area contributed by atoms with Crippen molar-refractivity contribution in [3.8, 4) is 0 Å². The normalized spacial score (nSPS) is 13.6. The van der Waals surface area contributed by atoms with E-state index in [1.165, 1.54) is 19.2 Å². The van der Waals surface area contributed by atoms with Crippen LogP contribution in [0.25, 0.3) is 0 Å². The average molecular weight is 466 g/mol. The molecule has 8 heteroatoms. The first-order valence-corrected chi connectivity index (χ1v) is 11.0. The minimum Gasteiger partial charge on any atom is -0.465 e. The summed E-state index contributed by atoms with van der Waals surface area (Å²) in [6.45, 7) is 3.51. The molecule has 0 fully saturated rings. The molecule has 0 N–H and O–H groups in total. The molecule has 2 heterocycles. The predicted molar refractivity (Wildman–Crippen MR) is 121 cm³/mol. The number of hydrogen-bond acceptors (Lipinski definition) is 6. The molecule has 33 heavy (non-hydrogen) atoms. The number of amides is 2. The van der Waals surface area contributed by atoms with Gasteiger partial charge in [0.25, 0.3) is 5.91 Å². The first kappa shape index (κ1) is 22.5. The number of fused-ring (bicyclic) bond motifs is 1. The van der Waals surface area contributed by atoms with Crippen LogP contribution in [0.3, 0.4) is 0 Å². The van der Waals surface area contributed by atoms with Crippen molar-refractivity contribution in [1.82, 2.24) is 0 Å². The maximum atomic E-state index is 14.9. The standard InChI is InChI=1S/C25H20FNO5S/c1-25(2,16-7-5-4-6-8-16)22(29)14-9-10-17(26)18(11-14)27-19(28)12-15-13-33-21(24(31)32-3)20(15)23(27)30/h4-11,13H,12H2,1-3H3. The lowest BCUT2D eigenvalue weighted by atomic mass is 9.78. The Balaban J connectivity index is 1.76. The molecule has 0 aliphatic carbocycles. The van der Waals surface area contributed by atoms with E-state index in [1.54, 1.807) is 19.2 Å². The van der Waals surface area contributed by atoms with Gasteiger partial charge in [-0.05, 0) is 48.6 Å². The van der Waals surface area contributed by atoms with Crippen LogP contribution >= 0.6 is 11.3 Å². The molecular formula is C25H20FNO5S. The first-order valence-electron chi connectivity index (χ1n) is 10.1. The molecule has 0 radical (unpaired) electrons. The van der Waals surface area contributed by atoms with Crippen molar-refractivity contribution in [1.29, 1.82) is 0 Å². The summed E-state index contributed by atoms with van der Waals surface area (Å²) in [4.78, 5) is 52.2. The number of hydrogen-bond donors (Lipinski definition) is 0. The van der Waals surface area contributed by atoms with Crippen LogP contribution in [0.1, 0.15) is 55.4 Å². The molecule has 0 saturated heterocycles. The van der Waals surface area contributed by atoms with E-state index in [1.807, 2.05) is 30.3 Å². The zero-order valence-electron chi connectivity index (χ0n) is 18.2. The second-order valence-electron chi connectivity index (χ2n) is 8.15. The van der Waals surface area contributed by atoms with Crippen LogP contribution < -0.4 is 4.90 Å². The summed E-state index contributed by atoms with van der Waals surface area (Å²) in [6, 6.07) is 12.8. The Kier molecular flexibility index (Phi) is 5.71. The lowest BCUT2D eigenvalue weighted by Gasteiger charge is -2.27. The number of imide groups is 1. The maximum Gasteiger partial charge on any atom is 0.348 e. The number of esters is 1. The first-order chi connectivity index (χ1) is 15.7. The summed E-state index contributed by atoms with van der Waals surface area (Å²) in [7, 11) is 1.19. The Labute approximate surface area is 193 Å². The smallest absolute Gasteiger partial charge is 0.348 e. The number of thiophene rings is 1. The zero-order valence-corrected chi connectivity index (χ0v) is 19.0. The number of carbonyl (C=O) groups is 4. The third-order valence-electron chi connectivity index (χ3n) is 5.76. The van der Waals surface area contributed by atoms with Crippen molar-refractivity contribution in [2.24, 2.45) is 0 Å². The fourth-order valence-electron chi connectivity index (χ4n) is 3.88. The largest absolute Gasteiger partial charge is 0.465 e. The van der Waals surface area contributed by atoms with Crippen LogP contribution in [0.15, 0.2) is 53.9 Å². The second-order valence-corrected chi connectivity index (χ2v) is 9.03. The molecule has 0 saturated carbocycles. The monoisotopic (exact) mass is 465 g/mol. The SMILES string of the molecule is COC(=O)c1scc2c1C(=O)N(c1cc(C(=O)C(C)(C)c3ccccc3)ccc1F)C(=O)C2. The Morgan fingerprint density at radius 3 is 2.45 bits per heavy atom. The summed E-state index contributed by atoms with van der Waals surface area (Å²) < 4.78 is 19.6. The molecule has 6 nitrogen and oxygen atoms in total. The summed E-state index contributed by atoms with van der Waals surface area (Å²) in [5.74, 6) is -3.30. The Hall–Kier alpha value is -3.65. The van der Waals surface area contributed by atoms with Gasteiger partial charge in [-0.15, -0.1) is 11.3 Å². The third-order valence-corrected chi connectivity index (χ3v) is 6.77. The van der Waals surface area contributed by atoms with Crippen molar-refractivity contribution < 1.29 is 28.3 Å². The Morgan fingerprint density at radius 2 is 1.79 bits per heavy atom. The minimum atomic E-state index is -0.926. The summed E-state index contributed by atoms with van der Waals surface area (Å²) in [5, 5.41) is 1.55. The molecule has 4 rings (SSSR count). The van der Waals surface area contributed by atoms with Gasteiger partial charge in [0.05, 0.1) is 30.2 Å². The van der Waals surface area contributed by atoms with Crippen LogP contribution in [0.5, 0.6) is 0 Å². The predicted octanol–water partition coefficient (Wildman–Crippen LogP) is 4.56. The lowest BCUT2D eigenvalue weighted by molar-refractivity contribution is -0.117. The molecule has 0 unspecified atom stereocenters. The van der Waals surface area contributed by atoms with E-state index in [0.717, 1.165) is 23.0 Å². The van der Waals surface area contributed by atoms with Gasteiger partial charge >= 0.3 is 5.97 Å². The average Bonchev–Trinajstić information content (AvgIpc) is 3.23. The number of methoxy groups -OCH3 is 1. The van der Waals surface area contributed by atoms with Gasteiger partial charge in [-0.25, -0.2) is 14.1 Å². The van der Waals surface area contributed by atoms with E-state index < -0.39 is 29.0 Å². The molecule has 1 aliphatic heterocycles. The van der Waals surface area contributed by atoms with E-state index in [9.17, 15) is 23.6 Å². The lowest BCUT2D eigenvalue weighted by Crippen LogP contribution is -2.43. The molecule has 0 spiro atoms. The van der Waals surface area contributed by atoms with Gasteiger partial charge in [0.2, 0.25) is 5.91 Å². The Morgan fingerprint density at radius 1 is 1.09 bits per heavy atom. The topological polar surface area (TPSA) is 80.8 Å². The number of ether oxygens (including phenoxy) is 1. The molecular weight excluding hydrogens is 445 g/mol. The second kappa shape index (κ2) is 8.37. The molecule has 2 amide bonds. The van der Waals surface area contributed by atoms with Crippen molar-refractivity contribution in [3.63, 3.8) is 0 Å². The number of Topliss-reactive ketones (excluding diaryl/α,β-unsaturated/α-hetero) is 1. The van der Waals surface area contributed by atoms with Gasteiger partial charge in [0.15, 0.2) is 5.78 Å². The highest BCUT2D eigenvalue weighted by molar-refractivity contribution is 7.12. The molecule has 0 atom stereocenters. The fourth-order valence-corrected chi connectivity index (χ4v) is 4.86. The number of benzene rings is 2. The zero-order chi connectivity index (χ0) is 23.9. The maximum absolute atomic E-state index is 14.9. The van der Waals surface area contributed by atoms with E-state index in [4.69, 9.17) is 4.74 Å². The Bertz CT molecular complexity index is 1300. The number of rotatable bonds is 5. The van der Waals surface area contributed by atoms with E-state index in [0.29, 0.717) is 10.5 Å². The van der Waals surface area contributed by atoms with Gasteiger partial charge in [-0.3, -0.25) is 14.4 Å². The van der Waals surface area contributed by atoms with Crippen molar-refractivity contribution >= 4 is 40.6 Å². The van der Waals surface area contributed by atoms with Crippen LogP contribution in [-0.2, 0) is 21.4 Å². The van der Waals surface area contributed by atoms with Crippen LogP contribution in [0.4, 0.5) is 10.1 Å². The summed E-state index contributed by atoms with van der Waals surface area (Å²) in [5.41, 5.74) is 0.0936. The number of nitrogens with zero attached hydrogens (tertiary/aromatic N) is 1. The van der Waals surface area contributed by atoms with Gasteiger partial charge in [0.1, 0.15) is 10.7 Å². The van der Waals surface area contributed by atoms with E-state index >= 15 is 0 Å². The highest BCUT2D eigenvalue weighted by Crippen LogP contribution is 2.35. The molecule has 3 aromatic rings. The van der Waals surface area contributed by atoms with Gasteiger partial charge in [-0.1, -0.05) is 30.3 Å². The van der Waals surface area contributed by atoms with Crippen LogP contribution in [0.2, 0.25) is 0 Å². The van der Waals surface area contributed by atoms with Gasteiger partial charge in [-0.2, -0.15) is 0 Å². The van der Waals surface area contributed by atoms with Gasteiger partial charge in [0, 0.05) is 5.56 Å². The van der Waals surface area contributed by atoms with Crippen LogP contribution in [-0.4, -0.2) is 30.7 Å². The van der Waals surface area contributed by atoms with Crippen molar-refractivity contribution in [2.75, 3.05) is 12.0 Å². The summed E-state index contributed by atoms with van der Waals surface area (Å²) >= 11 is 0.992. The number of halogens is 1. The number of ketones is 1. The number of anilines is 1.